The van der Waals surface area contributed by atoms with Crippen molar-refractivity contribution in [2.45, 2.75) is 39.4 Å². The number of fused-ring (bicyclic) bond motifs is 1. The number of phenolic OH excluding ortho intramolecular Hbond substituents is 2. The number of benzene rings is 2. The second-order valence-corrected chi connectivity index (χ2v) is 8.92. The molecule has 166 valence electrons. The Labute approximate surface area is 183 Å². The SMILES string of the molecule is CC(C)c1cc(C(=O)N2Cc3ccc(CN4CCN(CN)CC4)cc3C2)c(O)cc1O. The normalized spacial score (nSPS) is 17.4. The van der Waals surface area contributed by atoms with Gasteiger partial charge in [-0.25, -0.2) is 0 Å². The molecule has 2 aromatic rings. The third-order valence-corrected chi connectivity index (χ3v) is 6.41. The van der Waals surface area contributed by atoms with Crippen molar-refractivity contribution < 1.29 is 15.0 Å². The van der Waals surface area contributed by atoms with E-state index in [2.05, 4.69) is 28.0 Å². The quantitative estimate of drug-likeness (QED) is 0.683. The number of nitrogens with zero attached hydrogens (tertiary/aromatic N) is 3. The van der Waals surface area contributed by atoms with Gasteiger partial charge in [0.2, 0.25) is 0 Å². The summed E-state index contributed by atoms with van der Waals surface area (Å²) in [6.07, 6.45) is 0. The number of phenols is 2. The molecule has 0 atom stereocenters. The first-order valence-electron chi connectivity index (χ1n) is 11.0. The van der Waals surface area contributed by atoms with Crippen LogP contribution in [-0.2, 0) is 19.6 Å². The Bertz CT molecular complexity index is 968. The summed E-state index contributed by atoms with van der Waals surface area (Å²) >= 11 is 0. The molecule has 0 radical (unpaired) electrons. The van der Waals surface area contributed by atoms with Gasteiger partial charge in [0.15, 0.2) is 0 Å². The van der Waals surface area contributed by atoms with Gasteiger partial charge in [0.05, 0.1) is 5.56 Å². The summed E-state index contributed by atoms with van der Waals surface area (Å²) in [4.78, 5) is 19.6. The Morgan fingerprint density at radius 3 is 2.32 bits per heavy atom. The predicted molar refractivity (Wildman–Crippen MR) is 120 cm³/mol. The number of nitrogens with two attached hydrogens (primary N) is 1. The predicted octanol–water partition coefficient (Wildman–Crippen LogP) is 2.41. The zero-order valence-corrected chi connectivity index (χ0v) is 18.3. The monoisotopic (exact) mass is 424 g/mol. The molecule has 0 aliphatic carbocycles. The lowest BCUT2D eigenvalue weighted by Gasteiger charge is -2.33. The van der Waals surface area contributed by atoms with Crippen molar-refractivity contribution in [3.8, 4) is 11.5 Å². The second-order valence-electron chi connectivity index (χ2n) is 8.92. The lowest BCUT2D eigenvalue weighted by atomic mass is 9.98. The number of rotatable bonds is 5. The molecule has 0 saturated carbocycles. The molecule has 4 rings (SSSR count). The van der Waals surface area contributed by atoms with Gasteiger partial charge < -0.3 is 20.8 Å². The van der Waals surface area contributed by atoms with E-state index in [1.54, 1.807) is 11.0 Å². The minimum atomic E-state index is -0.213. The molecule has 7 nitrogen and oxygen atoms in total. The smallest absolute Gasteiger partial charge is 0.258 e. The van der Waals surface area contributed by atoms with Crippen LogP contribution in [0.4, 0.5) is 0 Å². The van der Waals surface area contributed by atoms with Crippen LogP contribution in [0.3, 0.4) is 0 Å². The highest BCUT2D eigenvalue weighted by molar-refractivity contribution is 5.97. The topological polar surface area (TPSA) is 93.3 Å². The van der Waals surface area contributed by atoms with E-state index in [0.29, 0.717) is 25.3 Å². The Kier molecular flexibility index (Phi) is 6.18. The minimum Gasteiger partial charge on any atom is -0.508 e. The van der Waals surface area contributed by atoms with Crippen LogP contribution in [0.1, 0.15) is 52.4 Å². The number of hydrogen-bond acceptors (Lipinski definition) is 6. The van der Waals surface area contributed by atoms with Crippen LogP contribution in [0.2, 0.25) is 0 Å². The highest BCUT2D eigenvalue weighted by Crippen LogP contribution is 2.34. The van der Waals surface area contributed by atoms with E-state index in [9.17, 15) is 15.0 Å². The Morgan fingerprint density at radius 1 is 0.968 bits per heavy atom. The maximum Gasteiger partial charge on any atom is 0.258 e. The fourth-order valence-corrected chi connectivity index (χ4v) is 4.48. The van der Waals surface area contributed by atoms with Crippen LogP contribution < -0.4 is 5.73 Å². The molecule has 1 fully saturated rings. The Morgan fingerprint density at radius 2 is 1.65 bits per heavy atom. The van der Waals surface area contributed by atoms with Crippen molar-refractivity contribution in [1.82, 2.24) is 14.7 Å². The van der Waals surface area contributed by atoms with Gasteiger partial charge in [0.1, 0.15) is 11.5 Å². The van der Waals surface area contributed by atoms with E-state index in [-0.39, 0.29) is 28.9 Å². The van der Waals surface area contributed by atoms with Crippen molar-refractivity contribution in [3.05, 3.63) is 58.1 Å². The highest BCUT2D eigenvalue weighted by atomic mass is 16.3. The molecule has 0 aromatic heterocycles. The van der Waals surface area contributed by atoms with E-state index in [4.69, 9.17) is 5.73 Å². The van der Waals surface area contributed by atoms with Crippen LogP contribution in [-0.4, -0.2) is 63.7 Å². The standard InChI is InChI=1S/C24H32N4O3/c1-16(2)20-10-21(23(30)11-22(20)29)24(31)28-13-18-4-3-17(9-19(18)14-28)12-26-5-7-27(15-25)8-6-26/h3-4,9-11,16,29-30H,5-8,12-15,25H2,1-2H3. The van der Waals surface area contributed by atoms with Gasteiger partial charge in [0, 0.05) is 58.5 Å². The lowest BCUT2D eigenvalue weighted by molar-refractivity contribution is 0.0748. The number of aromatic hydroxyl groups is 2. The molecular formula is C24H32N4O3. The van der Waals surface area contributed by atoms with E-state index < -0.39 is 0 Å². The van der Waals surface area contributed by atoms with Crippen molar-refractivity contribution in [1.29, 1.82) is 0 Å². The zero-order chi connectivity index (χ0) is 22.1. The summed E-state index contributed by atoms with van der Waals surface area (Å²) in [5, 5.41) is 20.4. The molecule has 2 aliphatic rings. The fourth-order valence-electron chi connectivity index (χ4n) is 4.48. The molecule has 0 spiro atoms. The molecule has 1 amide bonds. The third-order valence-electron chi connectivity index (χ3n) is 6.41. The van der Waals surface area contributed by atoms with Crippen LogP contribution in [0.5, 0.6) is 11.5 Å². The molecule has 2 heterocycles. The summed E-state index contributed by atoms with van der Waals surface area (Å²) in [6, 6.07) is 9.36. The summed E-state index contributed by atoms with van der Waals surface area (Å²) < 4.78 is 0. The van der Waals surface area contributed by atoms with Gasteiger partial charge in [0.25, 0.3) is 5.91 Å². The molecule has 1 saturated heterocycles. The summed E-state index contributed by atoms with van der Waals surface area (Å²) in [5.41, 5.74) is 10.2. The molecule has 31 heavy (non-hydrogen) atoms. The molecule has 7 heteroatoms. The molecule has 0 bridgehead atoms. The summed E-state index contributed by atoms with van der Waals surface area (Å²) in [6.45, 7) is 10.5. The Balaban J connectivity index is 1.45. The van der Waals surface area contributed by atoms with Gasteiger partial charge in [-0.15, -0.1) is 0 Å². The van der Waals surface area contributed by atoms with Crippen molar-refractivity contribution >= 4 is 5.91 Å². The number of carbonyl (C=O) groups is 1. The van der Waals surface area contributed by atoms with Crippen LogP contribution in [0.15, 0.2) is 30.3 Å². The zero-order valence-electron chi connectivity index (χ0n) is 18.3. The summed E-state index contributed by atoms with van der Waals surface area (Å²) in [7, 11) is 0. The number of amides is 1. The Hall–Kier alpha value is -2.61. The number of piperazine rings is 1. The highest BCUT2D eigenvalue weighted by Gasteiger charge is 2.27. The average molecular weight is 425 g/mol. The maximum absolute atomic E-state index is 13.1. The first kappa shape index (κ1) is 21.6. The van der Waals surface area contributed by atoms with Gasteiger partial charge >= 0.3 is 0 Å². The van der Waals surface area contributed by atoms with E-state index in [1.165, 1.54) is 11.6 Å². The maximum atomic E-state index is 13.1. The molecular weight excluding hydrogens is 392 g/mol. The molecule has 2 aliphatic heterocycles. The van der Waals surface area contributed by atoms with Crippen LogP contribution >= 0.6 is 0 Å². The van der Waals surface area contributed by atoms with Crippen LogP contribution in [0, 0.1) is 0 Å². The van der Waals surface area contributed by atoms with E-state index in [1.807, 2.05) is 13.8 Å². The molecule has 4 N–H and O–H groups in total. The lowest BCUT2D eigenvalue weighted by Crippen LogP contribution is -2.47. The third kappa shape index (κ3) is 4.54. The molecule has 0 unspecified atom stereocenters. The van der Waals surface area contributed by atoms with Gasteiger partial charge in [-0.1, -0.05) is 32.0 Å². The first-order valence-corrected chi connectivity index (χ1v) is 11.0. The van der Waals surface area contributed by atoms with Gasteiger partial charge in [-0.3, -0.25) is 14.6 Å². The van der Waals surface area contributed by atoms with Gasteiger partial charge in [-0.05, 0) is 34.2 Å². The first-order chi connectivity index (χ1) is 14.9. The largest absolute Gasteiger partial charge is 0.508 e. The minimum absolute atomic E-state index is 0.0192. The number of carbonyl (C=O) groups excluding carboxylic acids is 1. The van der Waals surface area contributed by atoms with Crippen molar-refractivity contribution in [3.63, 3.8) is 0 Å². The fraction of sp³-hybridized carbons (Fsp3) is 0.458. The summed E-state index contributed by atoms with van der Waals surface area (Å²) in [5.74, 6) is -0.321. The van der Waals surface area contributed by atoms with Crippen LogP contribution in [0.25, 0.3) is 0 Å². The van der Waals surface area contributed by atoms with Crippen molar-refractivity contribution in [2.24, 2.45) is 5.73 Å². The van der Waals surface area contributed by atoms with E-state index in [0.717, 1.165) is 43.9 Å². The second kappa shape index (κ2) is 8.86. The van der Waals surface area contributed by atoms with Crippen molar-refractivity contribution in [2.75, 3.05) is 32.8 Å². The average Bonchev–Trinajstić information content (AvgIpc) is 3.17. The number of hydrogen-bond donors (Lipinski definition) is 3. The van der Waals surface area contributed by atoms with Gasteiger partial charge in [-0.2, -0.15) is 0 Å². The van der Waals surface area contributed by atoms with E-state index >= 15 is 0 Å². The molecule has 2 aromatic carbocycles.